The van der Waals surface area contributed by atoms with Gasteiger partial charge in [0.1, 0.15) is 5.56 Å². The zero-order valence-corrected chi connectivity index (χ0v) is 28.5. The monoisotopic (exact) mass is 573 g/mol. The van der Waals surface area contributed by atoms with Crippen LogP contribution >= 0.6 is 0 Å². The Morgan fingerprint density at radius 2 is 1.43 bits per heavy atom. The molecule has 0 aliphatic rings. The Morgan fingerprint density at radius 3 is 1.93 bits per heavy atom. The molecule has 2 aromatic carbocycles. The van der Waals surface area contributed by atoms with Crippen LogP contribution in [0.5, 0.6) is 0 Å². The van der Waals surface area contributed by atoms with Crippen molar-refractivity contribution in [3.8, 4) is 11.1 Å². The van der Waals surface area contributed by atoms with E-state index in [0.717, 1.165) is 40.3 Å². The van der Waals surface area contributed by atoms with Crippen LogP contribution in [-0.4, -0.2) is 15.6 Å². The molecule has 3 rings (SSSR count). The second-order valence-electron chi connectivity index (χ2n) is 10.7. The molecular weight excluding hydrogens is 518 g/mol. The van der Waals surface area contributed by atoms with Crippen molar-refractivity contribution in [3.63, 3.8) is 0 Å². The molecule has 1 N–H and O–H groups in total. The quantitative estimate of drug-likeness (QED) is 0.286. The average Bonchev–Trinajstić information content (AvgIpc) is 2.95. The number of pyridine rings is 1. The Hall–Kier alpha value is -3.66. The Kier molecular flexibility index (Phi) is 17.8. The van der Waals surface area contributed by atoms with Crippen LogP contribution in [0, 0.1) is 19.8 Å². The fourth-order valence-corrected chi connectivity index (χ4v) is 4.38. The highest BCUT2D eigenvalue weighted by Crippen LogP contribution is 2.34. The van der Waals surface area contributed by atoms with Crippen molar-refractivity contribution in [2.24, 2.45) is 5.92 Å². The van der Waals surface area contributed by atoms with Gasteiger partial charge in [-0.2, -0.15) is 0 Å². The van der Waals surface area contributed by atoms with Crippen molar-refractivity contribution in [1.29, 1.82) is 0 Å². The van der Waals surface area contributed by atoms with Gasteiger partial charge >= 0.3 is 5.97 Å². The van der Waals surface area contributed by atoms with Gasteiger partial charge in [0.2, 0.25) is 0 Å². The third-order valence-electron chi connectivity index (χ3n) is 6.19. The van der Waals surface area contributed by atoms with Crippen molar-refractivity contribution in [1.82, 2.24) is 4.57 Å². The Morgan fingerprint density at radius 1 is 0.881 bits per heavy atom. The van der Waals surface area contributed by atoms with Gasteiger partial charge in [0.25, 0.3) is 0 Å². The summed E-state index contributed by atoms with van der Waals surface area (Å²) in [6.45, 7) is 27.6. The van der Waals surface area contributed by atoms with Crippen LogP contribution in [0.1, 0.15) is 115 Å². The van der Waals surface area contributed by atoms with Gasteiger partial charge in [-0.15, -0.1) is 0 Å². The van der Waals surface area contributed by atoms with Gasteiger partial charge < -0.3 is 9.67 Å². The third-order valence-corrected chi connectivity index (χ3v) is 6.19. The van der Waals surface area contributed by atoms with Crippen LogP contribution in [0.25, 0.3) is 22.3 Å². The van der Waals surface area contributed by atoms with E-state index in [-0.39, 0.29) is 5.56 Å². The van der Waals surface area contributed by atoms with Crippen molar-refractivity contribution in [2.75, 3.05) is 0 Å². The number of hydrogen-bond donors (Lipinski definition) is 1. The molecule has 3 aromatic rings. The summed E-state index contributed by atoms with van der Waals surface area (Å²) in [5, 5.41) is 9.39. The normalized spacial score (nSPS) is 10.4. The van der Waals surface area contributed by atoms with Crippen molar-refractivity contribution < 1.29 is 9.90 Å². The first kappa shape index (κ1) is 38.3. The van der Waals surface area contributed by atoms with E-state index in [2.05, 4.69) is 97.0 Å². The standard InChI is InChI=1S/C30H33NO3.C4H10.2C2H6/c1-7-15-31-18-27(30(33)34)29(32)17-28(31)21(5)16-26(19(2)3)25-14-10-13-24(22(25)6)23-12-9-8-11-20(23)4;1-4(2)3;2*1-2/h8-14,16-18H,7,15H2,1-6H3,(H,33,34);4H,1-3H3;2*1-2H3/b21-16+;;;. The molecule has 0 saturated carbocycles. The molecule has 0 aliphatic carbocycles. The SMILES string of the molecule is CC.CC.CC(C)C.CCCn1cc(C(=O)O)c(=O)cc1/C(C)=C/C(=C(C)C)c1cccc(-c2ccccc2C)c1C. The largest absolute Gasteiger partial charge is 0.477 e. The molecule has 0 saturated heterocycles. The number of aromatic nitrogens is 1. The minimum atomic E-state index is -1.20. The highest BCUT2D eigenvalue weighted by molar-refractivity contribution is 5.89. The average molecular weight is 574 g/mol. The third kappa shape index (κ3) is 11.0. The minimum Gasteiger partial charge on any atom is -0.477 e. The molecule has 42 heavy (non-hydrogen) atoms. The number of carbonyl (C=O) groups is 1. The van der Waals surface area contributed by atoms with E-state index in [1.807, 2.05) is 46.1 Å². The van der Waals surface area contributed by atoms with Crippen LogP contribution < -0.4 is 5.43 Å². The second kappa shape index (κ2) is 19.5. The summed E-state index contributed by atoms with van der Waals surface area (Å²) >= 11 is 0. The van der Waals surface area contributed by atoms with E-state index in [4.69, 9.17) is 0 Å². The molecule has 1 aromatic heterocycles. The smallest absolute Gasteiger partial charge is 0.341 e. The summed E-state index contributed by atoms with van der Waals surface area (Å²) in [5.74, 6) is -0.364. The minimum absolute atomic E-state index is 0.200. The van der Waals surface area contributed by atoms with Crippen LogP contribution in [0.15, 0.2) is 71.2 Å². The summed E-state index contributed by atoms with van der Waals surface area (Å²) in [5.41, 5.74) is 9.24. The summed E-state index contributed by atoms with van der Waals surface area (Å²) < 4.78 is 1.87. The topological polar surface area (TPSA) is 59.3 Å². The van der Waals surface area contributed by atoms with Crippen LogP contribution in [0.3, 0.4) is 0 Å². The number of aromatic carboxylic acids is 1. The number of allylic oxidation sites excluding steroid dienone is 4. The lowest BCUT2D eigenvalue weighted by Crippen LogP contribution is -2.19. The van der Waals surface area contributed by atoms with Crippen LogP contribution in [0.4, 0.5) is 0 Å². The van der Waals surface area contributed by atoms with Crippen LogP contribution in [0.2, 0.25) is 0 Å². The van der Waals surface area contributed by atoms with Gasteiger partial charge in [0.15, 0.2) is 5.43 Å². The Bertz CT molecular complexity index is 1400. The van der Waals surface area contributed by atoms with Gasteiger partial charge in [-0.3, -0.25) is 4.79 Å². The molecule has 0 aliphatic heterocycles. The molecule has 0 unspecified atom stereocenters. The number of carboxylic acid groups (broad SMARTS) is 1. The van der Waals surface area contributed by atoms with E-state index >= 15 is 0 Å². The zero-order chi connectivity index (χ0) is 32.6. The van der Waals surface area contributed by atoms with Crippen molar-refractivity contribution >= 4 is 17.1 Å². The number of benzene rings is 2. The Balaban J connectivity index is 0.00000190. The van der Waals surface area contributed by atoms with Gasteiger partial charge in [-0.1, -0.05) is 103 Å². The molecule has 0 radical (unpaired) electrons. The second-order valence-corrected chi connectivity index (χ2v) is 10.7. The lowest BCUT2D eigenvalue weighted by Gasteiger charge is -2.18. The maximum atomic E-state index is 12.5. The predicted octanol–water partition coefficient (Wildman–Crippen LogP) is 10.9. The molecule has 0 bridgehead atoms. The highest BCUT2D eigenvalue weighted by Gasteiger charge is 2.15. The fourth-order valence-electron chi connectivity index (χ4n) is 4.38. The number of rotatable bonds is 7. The first-order valence-electron chi connectivity index (χ1n) is 15.4. The van der Waals surface area contributed by atoms with E-state index in [1.54, 1.807) is 0 Å². The van der Waals surface area contributed by atoms with Gasteiger partial charge in [0, 0.05) is 24.5 Å². The number of aryl methyl sites for hydroxylation is 2. The lowest BCUT2D eigenvalue weighted by atomic mass is 9.88. The predicted molar refractivity (Wildman–Crippen MR) is 184 cm³/mol. The number of carboxylic acids is 1. The lowest BCUT2D eigenvalue weighted by molar-refractivity contribution is 0.0694. The van der Waals surface area contributed by atoms with E-state index in [9.17, 15) is 14.7 Å². The van der Waals surface area contributed by atoms with E-state index < -0.39 is 11.4 Å². The molecular formula is C38H55NO3. The first-order valence-corrected chi connectivity index (χ1v) is 15.4. The number of nitrogens with zero attached hydrogens (tertiary/aromatic N) is 1. The molecule has 4 nitrogen and oxygen atoms in total. The molecule has 4 heteroatoms. The fraction of sp³-hybridized carbons (Fsp3) is 0.421. The molecule has 0 atom stereocenters. The molecule has 230 valence electrons. The molecule has 0 spiro atoms. The highest BCUT2D eigenvalue weighted by atomic mass is 16.4. The van der Waals surface area contributed by atoms with Gasteiger partial charge in [-0.05, 0) is 92.0 Å². The van der Waals surface area contributed by atoms with Crippen molar-refractivity contribution in [2.45, 2.75) is 103 Å². The Labute approximate surface area is 255 Å². The summed E-state index contributed by atoms with van der Waals surface area (Å²) in [4.78, 5) is 24.0. The number of hydrogen-bond acceptors (Lipinski definition) is 2. The summed E-state index contributed by atoms with van der Waals surface area (Å²) in [7, 11) is 0. The molecule has 0 fully saturated rings. The zero-order valence-electron chi connectivity index (χ0n) is 28.5. The van der Waals surface area contributed by atoms with E-state index in [1.165, 1.54) is 34.5 Å². The first-order chi connectivity index (χ1) is 19.9. The van der Waals surface area contributed by atoms with Gasteiger partial charge in [-0.25, -0.2) is 4.79 Å². The van der Waals surface area contributed by atoms with E-state index in [0.29, 0.717) is 6.54 Å². The summed E-state index contributed by atoms with van der Waals surface area (Å²) in [6.07, 6.45) is 4.41. The summed E-state index contributed by atoms with van der Waals surface area (Å²) in [6, 6.07) is 16.2. The maximum Gasteiger partial charge on any atom is 0.341 e. The molecule has 1 heterocycles. The van der Waals surface area contributed by atoms with Crippen molar-refractivity contribution in [3.05, 3.63) is 105 Å². The van der Waals surface area contributed by atoms with Gasteiger partial charge in [0.05, 0.1) is 0 Å². The maximum absolute atomic E-state index is 12.5. The molecule has 0 amide bonds. The van der Waals surface area contributed by atoms with Crippen LogP contribution in [-0.2, 0) is 6.54 Å².